The molecule has 0 unspecified atom stereocenters. The maximum Gasteiger partial charge on any atom is 0.222 e. The lowest BCUT2D eigenvalue weighted by Gasteiger charge is -2.18. The normalized spacial score (nSPS) is 9.35. The van der Waals surface area contributed by atoms with Crippen LogP contribution in [0.5, 0.6) is 0 Å². The molecule has 0 aromatic carbocycles. The number of unbranched alkanes of at least 4 members (excludes halogenated alkanes) is 2. The topological polar surface area (TPSA) is 177 Å². The van der Waals surface area contributed by atoms with Crippen molar-refractivity contribution in [3.63, 3.8) is 0 Å². The van der Waals surface area contributed by atoms with Gasteiger partial charge >= 0.3 is 0 Å². The summed E-state index contributed by atoms with van der Waals surface area (Å²) in [5, 5.41) is 8.24. The third-order valence-corrected chi connectivity index (χ3v) is 5.46. The van der Waals surface area contributed by atoms with Crippen molar-refractivity contribution in [3.05, 3.63) is 0 Å². The third-order valence-electron chi connectivity index (χ3n) is 5.46. The van der Waals surface area contributed by atoms with E-state index in [-0.39, 0.29) is 115 Å². The van der Waals surface area contributed by atoms with Crippen molar-refractivity contribution >= 4 is 30.3 Å². The zero-order valence-corrected chi connectivity index (χ0v) is 25.1. The van der Waals surface area contributed by atoms with E-state index in [1.54, 1.807) is 7.11 Å². The van der Waals surface area contributed by atoms with Crippen LogP contribution in [0, 0.1) is 0 Å². The van der Waals surface area contributed by atoms with Crippen LogP contribution in [0.25, 0.3) is 0 Å². The zero-order chi connectivity index (χ0) is 30.9. The fourth-order valence-electron chi connectivity index (χ4n) is 3.35. The highest BCUT2D eigenvalue weighted by Crippen LogP contribution is 2.02. The molecule has 0 aliphatic heterocycles. The Balaban J connectivity index is -0.000000400. The second kappa shape index (κ2) is 52.3. The number of nitrogens with one attached hydrogen (secondary N) is 3. The Morgan fingerprint density at radius 3 is 1.27 bits per heavy atom. The summed E-state index contributed by atoms with van der Waals surface area (Å²) in [6.45, 7) is 4.94. The van der Waals surface area contributed by atoms with Gasteiger partial charge in [-0.05, 0) is 19.3 Å². The lowest BCUT2D eigenvalue weighted by atomic mass is 10.1. The first-order chi connectivity index (χ1) is 20.5. The van der Waals surface area contributed by atoms with E-state index >= 15 is 0 Å². The van der Waals surface area contributed by atoms with Gasteiger partial charge in [0.1, 0.15) is 12.6 Å². The number of amides is 3. The second-order valence-corrected chi connectivity index (χ2v) is 9.15. The number of ether oxygens (including phenoxy) is 6. The summed E-state index contributed by atoms with van der Waals surface area (Å²) >= 11 is 0. The van der Waals surface area contributed by atoms with E-state index in [4.69, 9.17) is 28.4 Å². The van der Waals surface area contributed by atoms with E-state index in [2.05, 4.69) is 16.0 Å². The predicted octanol–water partition coefficient (Wildman–Crippen LogP) is 4.40. The van der Waals surface area contributed by atoms with E-state index in [0.717, 1.165) is 12.6 Å². The van der Waals surface area contributed by atoms with Crippen LogP contribution in [-0.4, -0.2) is 129 Å². The Morgan fingerprint density at radius 2 is 0.878 bits per heavy atom. The number of hydrogen-bond acceptors (Lipinski definition) is 11. The molecule has 3 amide bonds. The van der Waals surface area contributed by atoms with Crippen molar-refractivity contribution in [3.8, 4) is 0 Å². The summed E-state index contributed by atoms with van der Waals surface area (Å²) in [7, 11) is 1.58. The molecule has 0 saturated heterocycles. The molecular formula is C35H79N3O11. The van der Waals surface area contributed by atoms with Crippen molar-refractivity contribution < 1.29 is 52.4 Å². The smallest absolute Gasteiger partial charge is 0.222 e. The van der Waals surface area contributed by atoms with Crippen molar-refractivity contribution in [2.24, 2.45) is 0 Å². The van der Waals surface area contributed by atoms with Gasteiger partial charge in [-0.15, -0.1) is 0 Å². The lowest BCUT2D eigenvalue weighted by Crippen LogP contribution is -2.43. The van der Waals surface area contributed by atoms with Gasteiger partial charge in [-0.3, -0.25) is 14.4 Å². The Morgan fingerprint density at radius 1 is 0.510 bits per heavy atom. The van der Waals surface area contributed by atoms with Crippen LogP contribution < -0.4 is 16.0 Å². The molecule has 0 heterocycles. The van der Waals surface area contributed by atoms with Crippen molar-refractivity contribution in [1.82, 2.24) is 16.0 Å². The van der Waals surface area contributed by atoms with Crippen LogP contribution >= 0.6 is 0 Å². The molecule has 0 radical (unpaired) electrons. The molecule has 300 valence electrons. The highest BCUT2D eigenvalue weighted by molar-refractivity contribution is 5.83. The number of hydrogen-bond donors (Lipinski definition) is 3. The third kappa shape index (κ3) is 50.0. The fraction of sp³-hybridized carbons (Fsp3) is 0.857. The summed E-state index contributed by atoms with van der Waals surface area (Å²) in [5.41, 5.74) is 0. The SMILES string of the molecule is C.C.C.C.C.C.C.COCCOCCCC(=O)NC(CC(=O)NCCOCCOCCCC=O)CC(=O)NCCOCCOCCCC=O. The molecule has 0 fully saturated rings. The second-order valence-electron chi connectivity index (χ2n) is 9.15. The molecule has 0 atom stereocenters. The quantitative estimate of drug-likeness (QED) is 0.0664. The first-order valence-corrected chi connectivity index (χ1v) is 14.6. The summed E-state index contributed by atoms with van der Waals surface area (Å²) in [4.78, 5) is 57.9. The van der Waals surface area contributed by atoms with E-state index in [1.807, 2.05) is 0 Å². The molecule has 0 rings (SSSR count). The van der Waals surface area contributed by atoms with Crippen LogP contribution in [0.2, 0.25) is 0 Å². The van der Waals surface area contributed by atoms with E-state index < -0.39 is 6.04 Å². The number of methoxy groups -OCH3 is 1. The van der Waals surface area contributed by atoms with E-state index in [1.165, 1.54) is 0 Å². The van der Waals surface area contributed by atoms with Gasteiger partial charge in [-0.2, -0.15) is 0 Å². The summed E-state index contributed by atoms with van der Waals surface area (Å²) in [6.07, 6.45) is 4.54. The first-order valence-electron chi connectivity index (χ1n) is 14.6. The standard InChI is InChI=1S/C28H51N3O11.7CH4/c1-37-17-18-40-14-6-7-26(34)31-25(23-27(35)29-8-15-41-21-19-38-12-4-2-10-32)24-28(36)30-9-16-42-22-20-39-13-5-3-11-33;;;;;;;/h10-11,25H,2-9,12-24H2,1H3,(H,29,35)(H,30,36)(H,31,34);7*1H4. The van der Waals surface area contributed by atoms with Crippen LogP contribution in [0.4, 0.5) is 0 Å². The summed E-state index contributed by atoms with van der Waals surface area (Å²) < 4.78 is 31.7. The average molecular weight is 718 g/mol. The Kier molecular flexibility index (Phi) is 69.4. The molecule has 0 aromatic rings. The average Bonchev–Trinajstić information content (AvgIpc) is 2.96. The van der Waals surface area contributed by atoms with Gasteiger partial charge in [0, 0.05) is 78.2 Å². The van der Waals surface area contributed by atoms with Crippen LogP contribution in [0.3, 0.4) is 0 Å². The minimum absolute atomic E-state index is 0. The minimum atomic E-state index is -0.687. The molecule has 0 saturated carbocycles. The highest BCUT2D eigenvalue weighted by Gasteiger charge is 2.19. The fourth-order valence-corrected chi connectivity index (χ4v) is 3.35. The lowest BCUT2D eigenvalue weighted by molar-refractivity contribution is -0.125. The number of carbonyl (C=O) groups is 5. The maximum atomic E-state index is 12.5. The van der Waals surface area contributed by atoms with Gasteiger partial charge in [-0.1, -0.05) is 52.0 Å². The van der Waals surface area contributed by atoms with Gasteiger partial charge in [0.05, 0.1) is 52.9 Å². The molecule has 49 heavy (non-hydrogen) atoms. The van der Waals surface area contributed by atoms with Crippen LogP contribution in [-0.2, 0) is 52.4 Å². The van der Waals surface area contributed by atoms with E-state index in [0.29, 0.717) is 91.6 Å². The summed E-state index contributed by atoms with van der Waals surface area (Å²) in [5.74, 6) is -0.911. The first kappa shape index (κ1) is 65.0. The van der Waals surface area contributed by atoms with Crippen molar-refractivity contribution in [1.29, 1.82) is 0 Å². The minimum Gasteiger partial charge on any atom is -0.382 e. The van der Waals surface area contributed by atoms with Gasteiger partial charge in [0.2, 0.25) is 17.7 Å². The monoisotopic (exact) mass is 718 g/mol. The Hall–Kier alpha value is -2.49. The molecule has 0 aromatic heterocycles. The van der Waals surface area contributed by atoms with Crippen LogP contribution in [0.15, 0.2) is 0 Å². The maximum absolute atomic E-state index is 12.5. The number of rotatable bonds is 32. The molecule has 14 nitrogen and oxygen atoms in total. The largest absolute Gasteiger partial charge is 0.382 e. The van der Waals surface area contributed by atoms with Gasteiger partial charge < -0.3 is 54.0 Å². The Labute approximate surface area is 300 Å². The van der Waals surface area contributed by atoms with Gasteiger partial charge in [0.25, 0.3) is 0 Å². The Bertz CT molecular complexity index is 660. The molecule has 0 bridgehead atoms. The molecular weight excluding hydrogens is 638 g/mol. The van der Waals surface area contributed by atoms with Gasteiger partial charge in [0.15, 0.2) is 0 Å². The molecule has 3 N–H and O–H groups in total. The summed E-state index contributed by atoms with van der Waals surface area (Å²) in [6, 6.07) is -0.687. The molecule has 0 aliphatic carbocycles. The number of carbonyl (C=O) groups excluding carboxylic acids is 5. The molecule has 0 spiro atoms. The molecule has 0 aliphatic rings. The van der Waals surface area contributed by atoms with Crippen molar-refractivity contribution in [2.75, 3.05) is 92.9 Å². The highest BCUT2D eigenvalue weighted by atomic mass is 16.5. The molecule has 14 heteroatoms. The van der Waals surface area contributed by atoms with Crippen LogP contribution in [0.1, 0.15) is 103 Å². The predicted molar refractivity (Wildman–Crippen MR) is 200 cm³/mol. The van der Waals surface area contributed by atoms with Gasteiger partial charge in [-0.25, -0.2) is 0 Å². The zero-order valence-electron chi connectivity index (χ0n) is 25.1. The van der Waals surface area contributed by atoms with Crippen molar-refractivity contribution in [2.45, 2.75) is 109 Å². The number of aldehydes is 2. The van der Waals surface area contributed by atoms with E-state index in [9.17, 15) is 24.0 Å².